The van der Waals surface area contributed by atoms with Crippen LogP contribution in [0, 0.1) is 0 Å². The molecule has 1 heterocycles. The van der Waals surface area contributed by atoms with Gasteiger partial charge in [0.15, 0.2) is 0 Å². The number of nitrogens with one attached hydrogen (secondary N) is 1. The first-order valence-corrected chi connectivity index (χ1v) is 6.90. The minimum Gasteiger partial charge on any atom is -0.371 e. The maximum atomic E-state index is 11.5. The third kappa shape index (κ3) is 3.96. The van der Waals surface area contributed by atoms with Crippen molar-refractivity contribution in [1.82, 2.24) is 10.2 Å². The predicted molar refractivity (Wildman–Crippen MR) is 78.4 cm³/mol. The van der Waals surface area contributed by atoms with Crippen molar-refractivity contribution in [2.45, 2.75) is 18.9 Å². The van der Waals surface area contributed by atoms with Crippen molar-refractivity contribution in [2.75, 3.05) is 38.6 Å². The van der Waals surface area contributed by atoms with E-state index >= 15 is 0 Å². The fourth-order valence-electron chi connectivity index (χ4n) is 2.37. The van der Waals surface area contributed by atoms with Crippen molar-refractivity contribution in [3.63, 3.8) is 0 Å². The molecular formula is C15H23N3O. The maximum Gasteiger partial charge on any atom is 0.236 e. The molecule has 2 rings (SSSR count). The minimum atomic E-state index is 0.144. The zero-order valence-corrected chi connectivity index (χ0v) is 11.8. The highest BCUT2D eigenvalue weighted by Crippen LogP contribution is 2.19. The van der Waals surface area contributed by atoms with Crippen molar-refractivity contribution in [1.29, 1.82) is 0 Å². The predicted octanol–water partition coefficient (Wildman–Crippen LogP) is 1.33. The summed E-state index contributed by atoms with van der Waals surface area (Å²) in [6, 6.07) is 11.0. The van der Waals surface area contributed by atoms with Crippen LogP contribution in [0.3, 0.4) is 0 Å². The highest BCUT2D eigenvalue weighted by Gasteiger charge is 2.19. The first-order valence-electron chi connectivity index (χ1n) is 6.90. The number of nitrogens with zero attached hydrogens (tertiary/aromatic N) is 2. The molecular weight excluding hydrogens is 238 g/mol. The normalized spacial score (nSPS) is 16.4. The van der Waals surface area contributed by atoms with Crippen LogP contribution >= 0.6 is 0 Å². The van der Waals surface area contributed by atoms with E-state index in [1.54, 1.807) is 19.0 Å². The molecule has 104 valence electrons. The Morgan fingerprint density at radius 1 is 1.26 bits per heavy atom. The third-order valence-corrected chi connectivity index (χ3v) is 3.66. The van der Waals surface area contributed by atoms with Gasteiger partial charge in [0, 0.05) is 38.9 Å². The lowest BCUT2D eigenvalue weighted by molar-refractivity contribution is -0.127. The first-order chi connectivity index (χ1) is 9.16. The van der Waals surface area contributed by atoms with Crippen LogP contribution in [0.25, 0.3) is 0 Å². The topological polar surface area (TPSA) is 35.6 Å². The van der Waals surface area contributed by atoms with Crippen molar-refractivity contribution < 1.29 is 4.79 Å². The number of benzene rings is 1. The SMILES string of the molecule is CN(C)C(=O)CNC1CCN(c2ccccc2)CC1. The standard InChI is InChI=1S/C15H23N3O/c1-17(2)15(19)12-16-13-8-10-18(11-9-13)14-6-4-3-5-7-14/h3-7,13,16H,8-12H2,1-2H3. The molecule has 4 heteroatoms. The lowest BCUT2D eigenvalue weighted by Crippen LogP contribution is -2.45. The summed E-state index contributed by atoms with van der Waals surface area (Å²) in [6.07, 6.45) is 2.19. The molecule has 1 aromatic carbocycles. The van der Waals surface area contributed by atoms with E-state index in [9.17, 15) is 4.79 Å². The average molecular weight is 261 g/mol. The van der Waals surface area contributed by atoms with Gasteiger partial charge in [-0.2, -0.15) is 0 Å². The molecule has 0 bridgehead atoms. The molecule has 19 heavy (non-hydrogen) atoms. The number of anilines is 1. The lowest BCUT2D eigenvalue weighted by atomic mass is 10.0. The van der Waals surface area contributed by atoms with E-state index in [4.69, 9.17) is 0 Å². The third-order valence-electron chi connectivity index (χ3n) is 3.66. The number of rotatable bonds is 4. The van der Waals surface area contributed by atoms with Gasteiger partial charge in [-0.25, -0.2) is 0 Å². The average Bonchev–Trinajstić information content (AvgIpc) is 2.46. The molecule has 1 amide bonds. The summed E-state index contributed by atoms with van der Waals surface area (Å²) in [7, 11) is 3.59. The van der Waals surface area contributed by atoms with Gasteiger partial charge in [-0.05, 0) is 25.0 Å². The van der Waals surface area contributed by atoms with Gasteiger partial charge >= 0.3 is 0 Å². The molecule has 0 radical (unpaired) electrons. The van der Waals surface area contributed by atoms with Crippen LogP contribution in [0.4, 0.5) is 5.69 Å². The molecule has 0 unspecified atom stereocenters. The van der Waals surface area contributed by atoms with Gasteiger partial charge in [-0.1, -0.05) is 18.2 Å². The number of hydrogen-bond acceptors (Lipinski definition) is 3. The molecule has 1 aliphatic rings. The van der Waals surface area contributed by atoms with E-state index < -0.39 is 0 Å². The van der Waals surface area contributed by atoms with Gasteiger partial charge in [-0.3, -0.25) is 4.79 Å². The van der Waals surface area contributed by atoms with Gasteiger partial charge in [0.05, 0.1) is 6.54 Å². The largest absolute Gasteiger partial charge is 0.371 e. The molecule has 0 spiro atoms. The monoisotopic (exact) mass is 261 g/mol. The number of para-hydroxylation sites is 1. The van der Waals surface area contributed by atoms with Crippen LogP contribution in [0.15, 0.2) is 30.3 Å². The number of carbonyl (C=O) groups excluding carboxylic acids is 1. The molecule has 0 aliphatic carbocycles. The molecule has 0 aromatic heterocycles. The van der Waals surface area contributed by atoms with Gasteiger partial charge in [0.25, 0.3) is 0 Å². The Morgan fingerprint density at radius 2 is 1.89 bits per heavy atom. The van der Waals surface area contributed by atoms with Crippen molar-refractivity contribution in [3.8, 4) is 0 Å². The zero-order valence-electron chi connectivity index (χ0n) is 11.8. The van der Waals surface area contributed by atoms with Gasteiger partial charge in [-0.15, -0.1) is 0 Å². The molecule has 1 N–H and O–H groups in total. The Hall–Kier alpha value is -1.55. The highest BCUT2D eigenvalue weighted by molar-refractivity contribution is 5.77. The van der Waals surface area contributed by atoms with Crippen LogP contribution in [0.2, 0.25) is 0 Å². The van der Waals surface area contributed by atoms with E-state index in [-0.39, 0.29) is 5.91 Å². The van der Waals surface area contributed by atoms with Crippen LogP contribution in [0.1, 0.15) is 12.8 Å². The van der Waals surface area contributed by atoms with Crippen LogP contribution in [-0.4, -0.2) is 50.6 Å². The highest BCUT2D eigenvalue weighted by atomic mass is 16.2. The summed E-state index contributed by atoms with van der Waals surface area (Å²) in [6.45, 7) is 2.55. The van der Waals surface area contributed by atoms with E-state index in [0.29, 0.717) is 12.6 Å². The van der Waals surface area contributed by atoms with Crippen molar-refractivity contribution in [3.05, 3.63) is 30.3 Å². The van der Waals surface area contributed by atoms with E-state index in [2.05, 4.69) is 34.5 Å². The Balaban J connectivity index is 1.75. The van der Waals surface area contributed by atoms with Crippen molar-refractivity contribution >= 4 is 11.6 Å². The van der Waals surface area contributed by atoms with Gasteiger partial charge in [0.2, 0.25) is 5.91 Å². The number of likely N-dealkylation sites (N-methyl/N-ethyl adjacent to an activating group) is 1. The fraction of sp³-hybridized carbons (Fsp3) is 0.533. The molecule has 0 saturated carbocycles. The Bertz CT molecular complexity index is 397. The minimum absolute atomic E-state index is 0.144. The fourth-order valence-corrected chi connectivity index (χ4v) is 2.37. The summed E-state index contributed by atoms with van der Waals surface area (Å²) >= 11 is 0. The molecule has 4 nitrogen and oxygen atoms in total. The second-order valence-electron chi connectivity index (χ2n) is 5.27. The maximum absolute atomic E-state index is 11.5. The van der Waals surface area contributed by atoms with Crippen molar-refractivity contribution in [2.24, 2.45) is 0 Å². The summed E-state index contributed by atoms with van der Waals surface area (Å²) in [5.41, 5.74) is 1.30. The second-order valence-corrected chi connectivity index (χ2v) is 5.27. The van der Waals surface area contributed by atoms with Crippen LogP contribution in [0.5, 0.6) is 0 Å². The summed E-state index contributed by atoms with van der Waals surface area (Å²) < 4.78 is 0. The Kier molecular flexibility index (Phi) is 4.80. The molecule has 1 fully saturated rings. The van der Waals surface area contributed by atoms with Gasteiger partial charge < -0.3 is 15.1 Å². The second kappa shape index (κ2) is 6.57. The molecule has 0 atom stereocenters. The van der Waals surface area contributed by atoms with E-state index in [1.807, 2.05) is 6.07 Å². The summed E-state index contributed by atoms with van der Waals surface area (Å²) in [5, 5.41) is 3.36. The first kappa shape index (κ1) is 13.9. The quantitative estimate of drug-likeness (QED) is 0.888. The number of hydrogen-bond donors (Lipinski definition) is 1. The molecule has 1 aromatic rings. The molecule has 1 saturated heterocycles. The van der Waals surface area contributed by atoms with E-state index in [1.165, 1.54) is 5.69 Å². The van der Waals surface area contributed by atoms with E-state index in [0.717, 1.165) is 25.9 Å². The van der Waals surface area contributed by atoms with Crippen LogP contribution < -0.4 is 10.2 Å². The number of piperidine rings is 1. The smallest absolute Gasteiger partial charge is 0.236 e. The number of carbonyl (C=O) groups is 1. The Labute approximate surface area is 115 Å². The van der Waals surface area contributed by atoms with Crippen LogP contribution in [-0.2, 0) is 4.79 Å². The molecule has 1 aliphatic heterocycles. The zero-order chi connectivity index (χ0) is 13.7. The Morgan fingerprint density at radius 3 is 2.47 bits per heavy atom. The van der Waals surface area contributed by atoms with Gasteiger partial charge in [0.1, 0.15) is 0 Å². The lowest BCUT2D eigenvalue weighted by Gasteiger charge is -2.34. The summed E-state index contributed by atoms with van der Waals surface area (Å²) in [4.78, 5) is 15.6. The summed E-state index contributed by atoms with van der Waals surface area (Å²) in [5.74, 6) is 0.144. The number of amides is 1.